The molecule has 0 heterocycles. The molecule has 1 N–H and O–H groups in total. The van der Waals surface area contributed by atoms with E-state index in [1.165, 1.54) is 7.11 Å². The Balaban J connectivity index is 2.21. The molecule has 0 bridgehead atoms. The largest absolute Gasteiger partial charge is 0.504 e. The van der Waals surface area contributed by atoms with Crippen LogP contribution in [0.2, 0.25) is 0 Å². The molecule has 0 aromatic heterocycles. The van der Waals surface area contributed by atoms with Gasteiger partial charge in [-0.2, -0.15) is 5.26 Å². The number of ether oxygens (including phenoxy) is 1. The van der Waals surface area contributed by atoms with Crippen LogP contribution in [0.1, 0.15) is 17.2 Å². The molecule has 0 aliphatic heterocycles. The first-order chi connectivity index (χ1) is 10.2. The van der Waals surface area contributed by atoms with Gasteiger partial charge in [0.05, 0.1) is 13.2 Å². The van der Waals surface area contributed by atoms with Crippen LogP contribution < -0.4 is 4.74 Å². The van der Waals surface area contributed by atoms with Crippen molar-refractivity contribution < 1.29 is 9.84 Å². The molecule has 1 unspecified atom stereocenters. The summed E-state index contributed by atoms with van der Waals surface area (Å²) < 4.78 is 5.10. The molecule has 2 rings (SSSR count). The summed E-state index contributed by atoms with van der Waals surface area (Å²) in [6.45, 7) is 0.669. The SMILES string of the molecule is COc1cc(C(C#N)N(C)Cc2ccccc2)ccc1O. The van der Waals surface area contributed by atoms with E-state index >= 15 is 0 Å². The quantitative estimate of drug-likeness (QED) is 0.915. The Hall–Kier alpha value is -2.51. The number of nitrogens with zero attached hydrogens (tertiary/aromatic N) is 2. The summed E-state index contributed by atoms with van der Waals surface area (Å²) in [4.78, 5) is 1.96. The molecule has 0 saturated heterocycles. The molecule has 2 aromatic rings. The third-order valence-corrected chi connectivity index (χ3v) is 3.36. The summed E-state index contributed by atoms with van der Waals surface area (Å²) >= 11 is 0. The number of hydrogen-bond donors (Lipinski definition) is 1. The number of hydrogen-bond acceptors (Lipinski definition) is 4. The zero-order valence-electron chi connectivity index (χ0n) is 12.2. The lowest BCUT2D eigenvalue weighted by atomic mass is 10.1. The second-order valence-electron chi connectivity index (χ2n) is 4.86. The lowest BCUT2D eigenvalue weighted by molar-refractivity contribution is 0.282. The highest BCUT2D eigenvalue weighted by molar-refractivity contribution is 5.43. The average Bonchev–Trinajstić information content (AvgIpc) is 2.50. The number of nitriles is 1. The number of benzene rings is 2. The molecule has 0 radical (unpaired) electrons. The van der Waals surface area contributed by atoms with Crippen molar-refractivity contribution in [2.24, 2.45) is 0 Å². The zero-order chi connectivity index (χ0) is 15.2. The third-order valence-electron chi connectivity index (χ3n) is 3.36. The van der Waals surface area contributed by atoms with E-state index in [0.29, 0.717) is 12.3 Å². The van der Waals surface area contributed by atoms with Crippen molar-refractivity contribution in [3.05, 3.63) is 59.7 Å². The zero-order valence-corrected chi connectivity index (χ0v) is 12.2. The fourth-order valence-corrected chi connectivity index (χ4v) is 2.25. The minimum atomic E-state index is -0.403. The minimum Gasteiger partial charge on any atom is -0.504 e. The van der Waals surface area contributed by atoms with Crippen LogP contribution in [0.15, 0.2) is 48.5 Å². The maximum Gasteiger partial charge on any atom is 0.160 e. The lowest BCUT2D eigenvalue weighted by Gasteiger charge is -2.23. The summed E-state index contributed by atoms with van der Waals surface area (Å²) in [7, 11) is 3.40. The molecule has 0 amide bonds. The summed E-state index contributed by atoms with van der Waals surface area (Å²) in [5.74, 6) is 0.449. The van der Waals surface area contributed by atoms with Gasteiger partial charge in [-0.25, -0.2) is 0 Å². The van der Waals surface area contributed by atoms with Gasteiger partial charge in [-0.15, -0.1) is 0 Å². The Morgan fingerprint density at radius 3 is 2.57 bits per heavy atom. The first-order valence-corrected chi connectivity index (χ1v) is 6.66. The predicted octanol–water partition coefficient (Wildman–Crippen LogP) is 3.10. The van der Waals surface area contributed by atoms with Crippen LogP contribution in [0.25, 0.3) is 0 Å². The standard InChI is InChI=1S/C17H18N2O2/c1-19(12-13-6-4-3-5-7-13)15(11-18)14-8-9-16(20)17(10-14)21-2/h3-10,15,20H,12H2,1-2H3. The summed E-state index contributed by atoms with van der Waals surface area (Å²) in [6.07, 6.45) is 0. The molecule has 4 nitrogen and oxygen atoms in total. The third kappa shape index (κ3) is 3.53. The maximum atomic E-state index is 9.64. The van der Waals surface area contributed by atoms with Crippen LogP contribution in [0.5, 0.6) is 11.5 Å². The fraction of sp³-hybridized carbons (Fsp3) is 0.235. The first-order valence-electron chi connectivity index (χ1n) is 6.66. The number of methoxy groups -OCH3 is 1. The van der Waals surface area contributed by atoms with E-state index in [9.17, 15) is 10.4 Å². The van der Waals surface area contributed by atoms with E-state index in [4.69, 9.17) is 4.74 Å². The van der Waals surface area contributed by atoms with Gasteiger partial charge >= 0.3 is 0 Å². The van der Waals surface area contributed by atoms with Gasteiger partial charge in [0.1, 0.15) is 6.04 Å². The van der Waals surface area contributed by atoms with E-state index in [-0.39, 0.29) is 5.75 Å². The Bertz CT molecular complexity index is 635. The Morgan fingerprint density at radius 2 is 1.95 bits per heavy atom. The molecule has 1 atom stereocenters. The van der Waals surface area contributed by atoms with Crippen LogP contribution in [0.4, 0.5) is 0 Å². The maximum absolute atomic E-state index is 9.64. The topological polar surface area (TPSA) is 56.5 Å². The second-order valence-corrected chi connectivity index (χ2v) is 4.86. The van der Waals surface area contributed by atoms with Crippen molar-refractivity contribution in [3.63, 3.8) is 0 Å². The van der Waals surface area contributed by atoms with Crippen LogP contribution in [-0.4, -0.2) is 24.2 Å². The van der Waals surface area contributed by atoms with E-state index < -0.39 is 6.04 Å². The molecule has 0 fully saturated rings. The highest BCUT2D eigenvalue weighted by Gasteiger charge is 2.18. The Labute approximate surface area is 124 Å². The van der Waals surface area contributed by atoms with Crippen molar-refractivity contribution in [2.45, 2.75) is 12.6 Å². The summed E-state index contributed by atoms with van der Waals surface area (Å²) in [5.41, 5.74) is 1.94. The number of phenols is 1. The molecular weight excluding hydrogens is 264 g/mol. The molecule has 0 aliphatic rings. The van der Waals surface area contributed by atoms with Crippen molar-refractivity contribution in [1.82, 2.24) is 4.90 Å². The van der Waals surface area contributed by atoms with Gasteiger partial charge in [0.2, 0.25) is 0 Å². The van der Waals surface area contributed by atoms with Crippen LogP contribution in [0.3, 0.4) is 0 Å². The van der Waals surface area contributed by atoms with Crippen molar-refractivity contribution in [3.8, 4) is 17.6 Å². The Morgan fingerprint density at radius 1 is 1.24 bits per heavy atom. The molecular formula is C17H18N2O2. The van der Waals surface area contributed by atoms with Crippen molar-refractivity contribution >= 4 is 0 Å². The van der Waals surface area contributed by atoms with Crippen molar-refractivity contribution in [1.29, 1.82) is 5.26 Å². The first kappa shape index (κ1) is 14.9. The second kappa shape index (κ2) is 6.78. The molecule has 108 valence electrons. The molecule has 2 aromatic carbocycles. The van der Waals surface area contributed by atoms with Gasteiger partial charge < -0.3 is 9.84 Å². The molecule has 21 heavy (non-hydrogen) atoms. The number of phenolic OH excluding ortho intramolecular Hbond substituents is 1. The minimum absolute atomic E-state index is 0.0728. The normalized spacial score (nSPS) is 11.9. The summed E-state index contributed by atoms with van der Waals surface area (Å²) in [5, 5.41) is 19.1. The van der Waals surface area contributed by atoms with Gasteiger partial charge in [-0.05, 0) is 30.3 Å². The smallest absolute Gasteiger partial charge is 0.160 e. The van der Waals surface area contributed by atoms with Gasteiger partial charge in [0.15, 0.2) is 11.5 Å². The monoisotopic (exact) mass is 282 g/mol. The summed E-state index contributed by atoms with van der Waals surface area (Å²) in [6, 6.07) is 16.9. The van der Waals surface area contributed by atoms with E-state index in [1.807, 2.05) is 42.3 Å². The highest BCUT2D eigenvalue weighted by Crippen LogP contribution is 2.30. The lowest BCUT2D eigenvalue weighted by Crippen LogP contribution is -2.23. The van der Waals surface area contributed by atoms with E-state index in [1.54, 1.807) is 18.2 Å². The van der Waals surface area contributed by atoms with Crippen molar-refractivity contribution in [2.75, 3.05) is 14.2 Å². The fourth-order valence-electron chi connectivity index (χ4n) is 2.25. The van der Waals surface area contributed by atoms with Crippen LogP contribution in [-0.2, 0) is 6.54 Å². The highest BCUT2D eigenvalue weighted by atomic mass is 16.5. The average molecular weight is 282 g/mol. The number of aromatic hydroxyl groups is 1. The van der Waals surface area contributed by atoms with E-state index in [0.717, 1.165) is 11.1 Å². The molecule has 0 aliphatic carbocycles. The van der Waals surface area contributed by atoms with Crippen LogP contribution >= 0.6 is 0 Å². The van der Waals surface area contributed by atoms with E-state index in [2.05, 4.69) is 6.07 Å². The molecule has 0 spiro atoms. The van der Waals surface area contributed by atoms with Gasteiger partial charge in [0.25, 0.3) is 0 Å². The molecule has 4 heteroatoms. The van der Waals surface area contributed by atoms with Gasteiger partial charge in [0, 0.05) is 6.54 Å². The van der Waals surface area contributed by atoms with Crippen LogP contribution in [0, 0.1) is 11.3 Å². The number of rotatable bonds is 5. The molecule has 0 saturated carbocycles. The predicted molar refractivity (Wildman–Crippen MR) is 80.9 cm³/mol. The Kier molecular flexibility index (Phi) is 4.81. The van der Waals surface area contributed by atoms with Gasteiger partial charge in [-0.3, -0.25) is 4.90 Å². The van der Waals surface area contributed by atoms with Gasteiger partial charge in [-0.1, -0.05) is 36.4 Å².